The minimum Gasteiger partial charge on any atom is -0.399 e. The number of nitrogens with zero attached hydrogens (tertiary/aromatic N) is 2. The number of rotatable bonds is 3. The Hall–Kier alpha value is -1.97. The van der Waals surface area contributed by atoms with E-state index in [1.165, 1.54) is 11.3 Å². The minimum absolute atomic E-state index is 0.297. The third-order valence-electron chi connectivity index (χ3n) is 3.61. The fraction of sp³-hybridized carbons (Fsp3) is 0.400. The number of fused-ring (bicyclic) bond motifs is 1. The Morgan fingerprint density at radius 1 is 1.42 bits per heavy atom. The maximum absolute atomic E-state index is 5.89. The lowest BCUT2D eigenvalue weighted by molar-refractivity contribution is 0.478. The molecule has 19 heavy (non-hydrogen) atoms. The second kappa shape index (κ2) is 4.96. The van der Waals surface area contributed by atoms with Crippen molar-refractivity contribution in [1.82, 2.24) is 9.78 Å². The van der Waals surface area contributed by atoms with Crippen LogP contribution in [-0.2, 0) is 6.42 Å². The first-order valence-electron chi connectivity index (χ1n) is 6.95. The lowest BCUT2D eigenvalue weighted by atomic mass is 10.0. The number of anilines is 2. The van der Waals surface area contributed by atoms with Crippen LogP contribution in [-0.4, -0.2) is 16.3 Å². The van der Waals surface area contributed by atoms with Crippen LogP contribution in [0.5, 0.6) is 0 Å². The highest BCUT2D eigenvalue weighted by Crippen LogP contribution is 2.30. The fourth-order valence-electron chi connectivity index (χ4n) is 2.73. The molecular formula is C15H20N4. The van der Waals surface area contributed by atoms with Crippen LogP contribution in [0.4, 0.5) is 11.5 Å². The molecule has 0 aliphatic carbocycles. The van der Waals surface area contributed by atoms with Crippen LogP contribution < -0.4 is 11.1 Å². The fourth-order valence-corrected chi connectivity index (χ4v) is 2.73. The lowest BCUT2D eigenvalue weighted by Gasteiger charge is -2.26. The molecule has 0 radical (unpaired) electrons. The van der Waals surface area contributed by atoms with Crippen molar-refractivity contribution < 1.29 is 0 Å². The van der Waals surface area contributed by atoms with Crippen LogP contribution in [0, 0.1) is 0 Å². The number of nitrogens with two attached hydrogens (primary N) is 1. The molecule has 0 saturated heterocycles. The molecule has 1 aliphatic heterocycles. The molecule has 1 aromatic carbocycles. The van der Waals surface area contributed by atoms with Crippen molar-refractivity contribution in [2.24, 2.45) is 0 Å². The Labute approximate surface area is 113 Å². The smallest absolute Gasteiger partial charge is 0.125 e. The van der Waals surface area contributed by atoms with Crippen LogP contribution in [0.2, 0.25) is 0 Å². The minimum atomic E-state index is 0.297. The largest absolute Gasteiger partial charge is 0.399 e. The SMILES string of the molecule is CCCc1cc2n(n1)C(c1cccc(N)c1)CCN2. The number of hydrogen-bond donors (Lipinski definition) is 2. The Morgan fingerprint density at radius 3 is 3.11 bits per heavy atom. The van der Waals surface area contributed by atoms with Gasteiger partial charge in [0, 0.05) is 18.3 Å². The topological polar surface area (TPSA) is 55.9 Å². The zero-order chi connectivity index (χ0) is 13.2. The molecule has 0 spiro atoms. The third kappa shape index (κ3) is 2.30. The van der Waals surface area contributed by atoms with Gasteiger partial charge in [-0.2, -0.15) is 5.10 Å². The van der Waals surface area contributed by atoms with Gasteiger partial charge >= 0.3 is 0 Å². The molecule has 4 heteroatoms. The van der Waals surface area contributed by atoms with Crippen molar-refractivity contribution in [3.8, 4) is 0 Å². The van der Waals surface area contributed by atoms with Gasteiger partial charge in [-0.1, -0.05) is 25.5 Å². The quantitative estimate of drug-likeness (QED) is 0.830. The molecule has 0 bridgehead atoms. The standard InChI is InChI=1S/C15H20N4/c1-2-4-13-10-15-17-8-7-14(19(15)18-13)11-5-3-6-12(16)9-11/h3,5-6,9-10,14,17H,2,4,7-8,16H2,1H3. The third-order valence-corrected chi connectivity index (χ3v) is 3.61. The zero-order valence-electron chi connectivity index (χ0n) is 11.3. The van der Waals surface area contributed by atoms with Gasteiger partial charge in [0.1, 0.15) is 5.82 Å². The molecular weight excluding hydrogens is 236 g/mol. The van der Waals surface area contributed by atoms with Crippen LogP contribution in [0.1, 0.15) is 37.1 Å². The van der Waals surface area contributed by atoms with Gasteiger partial charge in [0.05, 0.1) is 11.7 Å². The molecule has 1 aromatic heterocycles. The normalized spacial score (nSPS) is 17.8. The van der Waals surface area contributed by atoms with Gasteiger partial charge < -0.3 is 11.1 Å². The molecule has 100 valence electrons. The van der Waals surface area contributed by atoms with Gasteiger partial charge in [-0.15, -0.1) is 0 Å². The van der Waals surface area contributed by atoms with E-state index in [0.29, 0.717) is 6.04 Å². The number of benzene rings is 1. The summed E-state index contributed by atoms with van der Waals surface area (Å²) in [4.78, 5) is 0. The highest BCUT2D eigenvalue weighted by atomic mass is 15.4. The summed E-state index contributed by atoms with van der Waals surface area (Å²) < 4.78 is 2.11. The molecule has 2 aromatic rings. The van der Waals surface area contributed by atoms with E-state index >= 15 is 0 Å². The highest BCUT2D eigenvalue weighted by Gasteiger charge is 2.22. The van der Waals surface area contributed by atoms with Crippen molar-refractivity contribution in [2.45, 2.75) is 32.2 Å². The first kappa shape index (κ1) is 12.1. The van der Waals surface area contributed by atoms with E-state index in [1.54, 1.807) is 0 Å². The number of aryl methyl sites for hydroxylation is 1. The van der Waals surface area contributed by atoms with E-state index in [0.717, 1.165) is 37.3 Å². The second-order valence-corrected chi connectivity index (χ2v) is 5.12. The predicted molar refractivity (Wildman–Crippen MR) is 78.3 cm³/mol. The van der Waals surface area contributed by atoms with Gasteiger partial charge in [-0.05, 0) is 30.5 Å². The molecule has 1 aliphatic rings. The van der Waals surface area contributed by atoms with E-state index in [2.05, 4.69) is 35.1 Å². The summed E-state index contributed by atoms with van der Waals surface area (Å²) in [5, 5.41) is 8.17. The predicted octanol–water partition coefficient (Wildman–Crippen LogP) is 2.82. The lowest BCUT2D eigenvalue weighted by Crippen LogP contribution is -2.24. The Kier molecular flexibility index (Phi) is 3.15. The van der Waals surface area contributed by atoms with Gasteiger partial charge in [0.2, 0.25) is 0 Å². The molecule has 3 N–H and O–H groups in total. The summed E-state index contributed by atoms with van der Waals surface area (Å²) in [5.74, 6) is 1.13. The Morgan fingerprint density at radius 2 is 2.32 bits per heavy atom. The molecule has 1 unspecified atom stereocenters. The molecule has 0 amide bonds. The summed E-state index contributed by atoms with van der Waals surface area (Å²) in [7, 11) is 0. The molecule has 0 saturated carbocycles. The van der Waals surface area contributed by atoms with Crippen LogP contribution >= 0.6 is 0 Å². The summed E-state index contributed by atoms with van der Waals surface area (Å²) in [6.45, 7) is 3.16. The van der Waals surface area contributed by atoms with Gasteiger partial charge in [-0.25, -0.2) is 4.68 Å². The molecule has 0 fully saturated rings. The monoisotopic (exact) mass is 256 g/mol. The molecule has 3 rings (SSSR count). The number of hydrogen-bond acceptors (Lipinski definition) is 3. The maximum Gasteiger partial charge on any atom is 0.125 e. The van der Waals surface area contributed by atoms with E-state index < -0.39 is 0 Å². The summed E-state index contributed by atoms with van der Waals surface area (Å²) in [6, 6.07) is 10.6. The van der Waals surface area contributed by atoms with Crippen LogP contribution in [0.15, 0.2) is 30.3 Å². The highest BCUT2D eigenvalue weighted by molar-refractivity contribution is 5.45. The van der Waals surface area contributed by atoms with E-state index in [9.17, 15) is 0 Å². The Bertz CT molecular complexity index is 573. The van der Waals surface area contributed by atoms with Gasteiger partial charge in [0.25, 0.3) is 0 Å². The first-order valence-corrected chi connectivity index (χ1v) is 6.95. The summed E-state index contributed by atoms with van der Waals surface area (Å²) in [5.41, 5.74) is 9.12. The van der Waals surface area contributed by atoms with Crippen molar-refractivity contribution in [3.05, 3.63) is 41.6 Å². The number of aromatic nitrogens is 2. The second-order valence-electron chi connectivity index (χ2n) is 5.12. The van der Waals surface area contributed by atoms with E-state index in [4.69, 9.17) is 10.8 Å². The maximum atomic E-state index is 5.89. The Balaban J connectivity index is 1.97. The van der Waals surface area contributed by atoms with Gasteiger partial charge in [-0.3, -0.25) is 0 Å². The summed E-state index contributed by atoms with van der Waals surface area (Å²) in [6.07, 6.45) is 3.20. The first-order chi connectivity index (χ1) is 9.28. The molecule has 1 atom stereocenters. The van der Waals surface area contributed by atoms with Crippen molar-refractivity contribution in [2.75, 3.05) is 17.6 Å². The van der Waals surface area contributed by atoms with E-state index in [-0.39, 0.29) is 0 Å². The van der Waals surface area contributed by atoms with Crippen LogP contribution in [0.3, 0.4) is 0 Å². The zero-order valence-corrected chi connectivity index (χ0v) is 11.3. The van der Waals surface area contributed by atoms with Crippen LogP contribution in [0.25, 0.3) is 0 Å². The number of nitrogens with one attached hydrogen (secondary N) is 1. The average molecular weight is 256 g/mol. The van der Waals surface area contributed by atoms with Crippen molar-refractivity contribution in [3.63, 3.8) is 0 Å². The van der Waals surface area contributed by atoms with E-state index in [1.807, 2.05) is 12.1 Å². The molecule has 4 nitrogen and oxygen atoms in total. The van der Waals surface area contributed by atoms with Crippen molar-refractivity contribution >= 4 is 11.5 Å². The summed E-state index contributed by atoms with van der Waals surface area (Å²) >= 11 is 0. The van der Waals surface area contributed by atoms with Gasteiger partial charge in [0.15, 0.2) is 0 Å². The number of nitrogen functional groups attached to an aromatic ring is 1. The molecule has 2 heterocycles. The average Bonchev–Trinajstić information content (AvgIpc) is 2.81. The van der Waals surface area contributed by atoms with Crippen molar-refractivity contribution in [1.29, 1.82) is 0 Å².